The average molecular weight is 450 g/mol. The van der Waals surface area contributed by atoms with E-state index in [1.807, 2.05) is 0 Å². The lowest BCUT2D eigenvalue weighted by Gasteiger charge is -2.50. The van der Waals surface area contributed by atoms with Gasteiger partial charge >= 0.3 is 0 Å². The van der Waals surface area contributed by atoms with Crippen LogP contribution in [0.1, 0.15) is 57.1 Å². The van der Waals surface area contributed by atoms with Gasteiger partial charge in [-0.15, -0.1) is 0 Å². The number of anilines is 1. The van der Waals surface area contributed by atoms with E-state index < -0.39 is 0 Å². The Balaban J connectivity index is 1.30. The molecule has 5 heteroatoms. The normalized spacial score (nSPS) is 21.6. The molecule has 33 heavy (non-hydrogen) atoms. The van der Waals surface area contributed by atoms with E-state index in [0.717, 1.165) is 70.3 Å². The summed E-state index contributed by atoms with van der Waals surface area (Å²) < 4.78 is 5.65. The Morgan fingerprint density at radius 1 is 0.939 bits per heavy atom. The SMILES string of the molecule is CC1(C)CCC2(COC2)c2ccc(-c3cccc(N4CCN(CCCCCO)CC4)n3)cc21. The van der Waals surface area contributed by atoms with E-state index in [4.69, 9.17) is 14.8 Å². The zero-order valence-corrected chi connectivity index (χ0v) is 20.4. The van der Waals surface area contributed by atoms with Crippen molar-refractivity contribution in [2.75, 3.05) is 57.4 Å². The maximum Gasteiger partial charge on any atom is 0.129 e. The van der Waals surface area contributed by atoms with Gasteiger partial charge < -0.3 is 14.7 Å². The van der Waals surface area contributed by atoms with Gasteiger partial charge in [0.2, 0.25) is 0 Å². The van der Waals surface area contributed by atoms with Crippen molar-refractivity contribution in [2.24, 2.45) is 0 Å². The van der Waals surface area contributed by atoms with Gasteiger partial charge in [-0.1, -0.05) is 32.0 Å². The fourth-order valence-corrected chi connectivity index (χ4v) is 5.78. The lowest BCUT2D eigenvalue weighted by molar-refractivity contribution is -0.0722. The molecule has 0 saturated carbocycles. The van der Waals surface area contributed by atoms with E-state index >= 15 is 0 Å². The second-order valence-electron chi connectivity index (χ2n) is 10.9. The Morgan fingerprint density at radius 2 is 1.76 bits per heavy atom. The van der Waals surface area contributed by atoms with Crippen LogP contribution in [0.25, 0.3) is 11.3 Å². The highest BCUT2D eigenvalue weighted by Gasteiger charge is 2.47. The number of hydrogen-bond donors (Lipinski definition) is 1. The lowest BCUT2D eigenvalue weighted by Crippen LogP contribution is -2.51. The van der Waals surface area contributed by atoms with Gasteiger partial charge in [-0.25, -0.2) is 4.98 Å². The molecule has 178 valence electrons. The number of piperazine rings is 1. The molecule has 2 fully saturated rings. The Hall–Kier alpha value is -1.95. The van der Waals surface area contributed by atoms with Crippen LogP contribution >= 0.6 is 0 Å². The molecule has 5 nitrogen and oxygen atoms in total. The van der Waals surface area contributed by atoms with Crippen molar-refractivity contribution in [2.45, 2.75) is 56.8 Å². The van der Waals surface area contributed by atoms with Crippen molar-refractivity contribution in [3.63, 3.8) is 0 Å². The van der Waals surface area contributed by atoms with Crippen LogP contribution in [-0.2, 0) is 15.6 Å². The molecule has 1 spiro atoms. The molecule has 2 aromatic rings. The van der Waals surface area contributed by atoms with E-state index in [-0.39, 0.29) is 10.8 Å². The Morgan fingerprint density at radius 3 is 2.48 bits per heavy atom. The molecule has 0 amide bonds. The first kappa shape index (κ1) is 22.8. The quantitative estimate of drug-likeness (QED) is 0.636. The largest absolute Gasteiger partial charge is 0.396 e. The van der Waals surface area contributed by atoms with Gasteiger partial charge in [-0.2, -0.15) is 0 Å². The molecule has 3 heterocycles. The summed E-state index contributed by atoms with van der Waals surface area (Å²) in [6, 6.07) is 13.5. The summed E-state index contributed by atoms with van der Waals surface area (Å²) in [7, 11) is 0. The standard InChI is InChI=1S/C28H39N3O2/c1-27(2)11-12-28(20-33-21-28)23-10-9-22(19-24(23)27)25-7-6-8-26(29-25)31-16-14-30(15-17-31)13-4-3-5-18-32/h6-10,19,32H,3-5,11-18,20-21H2,1-2H3. The molecule has 2 saturated heterocycles. The van der Waals surface area contributed by atoms with Crippen molar-refractivity contribution < 1.29 is 9.84 Å². The van der Waals surface area contributed by atoms with Gasteiger partial charge in [0.15, 0.2) is 0 Å². The maximum atomic E-state index is 8.96. The number of fused-ring (bicyclic) bond motifs is 2. The molecule has 1 N–H and O–H groups in total. The third-order valence-corrected chi connectivity index (χ3v) is 8.16. The summed E-state index contributed by atoms with van der Waals surface area (Å²) in [6.45, 7) is 12.2. The molecule has 1 aromatic carbocycles. The zero-order valence-electron chi connectivity index (χ0n) is 20.4. The number of unbranched alkanes of at least 4 members (excludes halogenated alkanes) is 2. The van der Waals surface area contributed by atoms with Gasteiger partial charge in [0.1, 0.15) is 5.82 Å². The molecule has 0 unspecified atom stereocenters. The van der Waals surface area contributed by atoms with Crippen LogP contribution in [0.3, 0.4) is 0 Å². The summed E-state index contributed by atoms with van der Waals surface area (Å²) in [5.74, 6) is 1.09. The van der Waals surface area contributed by atoms with Crippen LogP contribution < -0.4 is 4.90 Å². The van der Waals surface area contributed by atoms with Crippen molar-refractivity contribution in [1.82, 2.24) is 9.88 Å². The minimum Gasteiger partial charge on any atom is -0.396 e. The van der Waals surface area contributed by atoms with Crippen LogP contribution in [0.4, 0.5) is 5.82 Å². The van der Waals surface area contributed by atoms with Crippen LogP contribution in [0.2, 0.25) is 0 Å². The Labute approximate surface area is 198 Å². The van der Waals surface area contributed by atoms with Gasteiger partial charge in [0, 0.05) is 43.8 Å². The molecule has 1 aliphatic carbocycles. The molecule has 0 radical (unpaired) electrons. The van der Waals surface area contributed by atoms with Crippen LogP contribution in [0.15, 0.2) is 36.4 Å². The number of nitrogens with zero attached hydrogens (tertiary/aromatic N) is 3. The number of aliphatic hydroxyl groups is 1. The smallest absolute Gasteiger partial charge is 0.129 e. The molecule has 1 aromatic heterocycles. The van der Waals surface area contributed by atoms with E-state index in [9.17, 15) is 0 Å². The number of hydrogen-bond acceptors (Lipinski definition) is 5. The number of benzene rings is 1. The maximum absolute atomic E-state index is 8.96. The number of ether oxygens (including phenoxy) is 1. The highest BCUT2D eigenvalue weighted by atomic mass is 16.5. The fraction of sp³-hybridized carbons (Fsp3) is 0.607. The number of aromatic nitrogens is 1. The summed E-state index contributed by atoms with van der Waals surface area (Å²) in [6.07, 6.45) is 5.66. The third-order valence-electron chi connectivity index (χ3n) is 8.16. The van der Waals surface area contributed by atoms with Gasteiger partial charge in [0.05, 0.1) is 18.9 Å². The zero-order chi connectivity index (χ0) is 22.9. The average Bonchev–Trinajstić information content (AvgIpc) is 2.81. The molecule has 5 rings (SSSR count). The first-order chi connectivity index (χ1) is 16.0. The fourth-order valence-electron chi connectivity index (χ4n) is 5.78. The Bertz CT molecular complexity index is 961. The minimum absolute atomic E-state index is 0.192. The van der Waals surface area contributed by atoms with Gasteiger partial charge in [-0.3, -0.25) is 4.90 Å². The lowest BCUT2D eigenvalue weighted by atomic mass is 9.60. The van der Waals surface area contributed by atoms with E-state index in [2.05, 4.69) is 60.0 Å². The van der Waals surface area contributed by atoms with Crippen molar-refractivity contribution in [1.29, 1.82) is 0 Å². The predicted molar refractivity (Wildman–Crippen MR) is 134 cm³/mol. The van der Waals surface area contributed by atoms with Crippen LogP contribution in [-0.4, -0.2) is 67.5 Å². The molecule has 0 bridgehead atoms. The third kappa shape index (κ3) is 4.55. The van der Waals surface area contributed by atoms with Crippen LogP contribution in [0.5, 0.6) is 0 Å². The summed E-state index contributed by atoms with van der Waals surface area (Å²) in [4.78, 5) is 10.1. The molecular formula is C28H39N3O2. The number of aliphatic hydroxyl groups excluding tert-OH is 1. The minimum atomic E-state index is 0.192. The van der Waals surface area contributed by atoms with E-state index in [1.54, 1.807) is 0 Å². The van der Waals surface area contributed by atoms with Crippen LogP contribution in [0, 0.1) is 0 Å². The molecule has 3 aliphatic rings. The first-order valence-corrected chi connectivity index (χ1v) is 12.8. The van der Waals surface area contributed by atoms with E-state index in [0.29, 0.717) is 6.61 Å². The number of rotatable bonds is 7. The van der Waals surface area contributed by atoms with Gasteiger partial charge in [0.25, 0.3) is 0 Å². The van der Waals surface area contributed by atoms with Crippen molar-refractivity contribution in [3.05, 3.63) is 47.5 Å². The first-order valence-electron chi connectivity index (χ1n) is 12.8. The molecular weight excluding hydrogens is 410 g/mol. The topological polar surface area (TPSA) is 48.8 Å². The molecule has 2 aliphatic heterocycles. The van der Waals surface area contributed by atoms with Crippen molar-refractivity contribution >= 4 is 5.82 Å². The monoisotopic (exact) mass is 449 g/mol. The second kappa shape index (κ2) is 9.36. The Kier molecular flexibility index (Phi) is 6.47. The molecule has 0 atom stereocenters. The summed E-state index contributed by atoms with van der Waals surface area (Å²) in [5, 5.41) is 8.96. The number of pyridine rings is 1. The van der Waals surface area contributed by atoms with E-state index in [1.165, 1.54) is 36.0 Å². The van der Waals surface area contributed by atoms with Gasteiger partial charge in [-0.05, 0) is 73.4 Å². The van der Waals surface area contributed by atoms with Crippen molar-refractivity contribution in [3.8, 4) is 11.3 Å². The predicted octanol–water partition coefficient (Wildman–Crippen LogP) is 4.37. The second-order valence-corrected chi connectivity index (χ2v) is 10.9. The highest BCUT2D eigenvalue weighted by molar-refractivity contribution is 5.65. The summed E-state index contributed by atoms with van der Waals surface area (Å²) >= 11 is 0. The highest BCUT2D eigenvalue weighted by Crippen LogP contribution is 2.50. The summed E-state index contributed by atoms with van der Waals surface area (Å²) in [5.41, 5.74) is 5.72.